The van der Waals surface area contributed by atoms with Gasteiger partial charge in [0.05, 0.1) is 6.10 Å². The van der Waals surface area contributed by atoms with Gasteiger partial charge in [0.25, 0.3) is 0 Å². The Labute approximate surface area is 129 Å². The van der Waals surface area contributed by atoms with Crippen molar-refractivity contribution >= 4 is 11.7 Å². The number of para-hydroxylation sites is 1. The van der Waals surface area contributed by atoms with E-state index in [1.165, 1.54) is 24.3 Å². The molecule has 2 amide bonds. The van der Waals surface area contributed by atoms with Crippen molar-refractivity contribution < 1.29 is 14.3 Å². The number of urea groups is 1. The number of hydrogen-bond acceptors (Lipinski definition) is 2. The predicted molar refractivity (Wildman–Crippen MR) is 84.3 cm³/mol. The highest BCUT2D eigenvalue weighted by Crippen LogP contribution is 2.19. The number of halogens is 1. The quantitative estimate of drug-likeness (QED) is 0.811. The molecule has 0 radical (unpaired) electrons. The van der Waals surface area contributed by atoms with Crippen molar-refractivity contribution in [3.63, 3.8) is 0 Å². The van der Waals surface area contributed by atoms with Gasteiger partial charge in [-0.1, -0.05) is 30.3 Å². The minimum absolute atomic E-state index is 0.0440. The molecule has 0 aliphatic carbocycles. The lowest BCUT2D eigenvalue weighted by Gasteiger charge is -2.15. The first-order valence-electron chi connectivity index (χ1n) is 7.02. The molecule has 0 fully saturated rings. The van der Waals surface area contributed by atoms with E-state index in [4.69, 9.17) is 0 Å². The number of benzene rings is 2. The Morgan fingerprint density at radius 2 is 1.73 bits per heavy atom. The van der Waals surface area contributed by atoms with E-state index in [2.05, 4.69) is 10.6 Å². The van der Waals surface area contributed by atoms with Gasteiger partial charge in [0.15, 0.2) is 0 Å². The second kappa shape index (κ2) is 7.04. The summed E-state index contributed by atoms with van der Waals surface area (Å²) in [6.45, 7) is 3.87. The molecule has 116 valence electrons. The van der Waals surface area contributed by atoms with Gasteiger partial charge in [-0.05, 0) is 42.7 Å². The summed E-state index contributed by atoms with van der Waals surface area (Å²) in [5.74, 6) is -0.364. The SMILES string of the molecule is Cc1cccc(C)c1NC(=O)NCC(O)c1ccc(F)cc1. The van der Waals surface area contributed by atoms with Crippen LogP contribution in [-0.4, -0.2) is 17.7 Å². The van der Waals surface area contributed by atoms with Crippen molar-refractivity contribution in [2.24, 2.45) is 0 Å². The van der Waals surface area contributed by atoms with E-state index >= 15 is 0 Å². The van der Waals surface area contributed by atoms with Crippen LogP contribution in [0.15, 0.2) is 42.5 Å². The topological polar surface area (TPSA) is 61.4 Å². The highest BCUT2D eigenvalue weighted by atomic mass is 19.1. The van der Waals surface area contributed by atoms with Crippen molar-refractivity contribution in [3.8, 4) is 0 Å². The average molecular weight is 302 g/mol. The number of aryl methyl sites for hydroxylation is 2. The Kier molecular flexibility index (Phi) is 5.12. The first kappa shape index (κ1) is 16.0. The molecule has 2 rings (SSSR count). The maximum atomic E-state index is 12.8. The lowest BCUT2D eigenvalue weighted by atomic mass is 10.1. The van der Waals surface area contributed by atoms with E-state index in [0.29, 0.717) is 5.56 Å². The van der Waals surface area contributed by atoms with Gasteiger partial charge in [-0.15, -0.1) is 0 Å². The fraction of sp³-hybridized carbons (Fsp3) is 0.235. The molecule has 3 N–H and O–H groups in total. The smallest absolute Gasteiger partial charge is 0.319 e. The van der Waals surface area contributed by atoms with Crippen LogP contribution in [0, 0.1) is 19.7 Å². The molecule has 0 saturated heterocycles. The molecule has 0 aliphatic rings. The summed E-state index contributed by atoms with van der Waals surface area (Å²) in [6.07, 6.45) is -0.885. The first-order chi connectivity index (χ1) is 10.5. The summed E-state index contributed by atoms with van der Waals surface area (Å²) in [6, 6.07) is 10.9. The van der Waals surface area contributed by atoms with Crippen LogP contribution >= 0.6 is 0 Å². The molecule has 4 nitrogen and oxygen atoms in total. The second-order valence-electron chi connectivity index (χ2n) is 5.17. The van der Waals surface area contributed by atoms with E-state index in [0.717, 1.165) is 16.8 Å². The number of carbonyl (C=O) groups excluding carboxylic acids is 1. The van der Waals surface area contributed by atoms with Gasteiger partial charge in [0.1, 0.15) is 5.82 Å². The van der Waals surface area contributed by atoms with Crippen LogP contribution in [0.1, 0.15) is 22.8 Å². The summed E-state index contributed by atoms with van der Waals surface area (Å²) >= 11 is 0. The zero-order chi connectivity index (χ0) is 16.1. The van der Waals surface area contributed by atoms with E-state index < -0.39 is 12.1 Å². The molecule has 22 heavy (non-hydrogen) atoms. The summed E-state index contributed by atoms with van der Waals surface area (Å²) in [7, 11) is 0. The normalized spacial score (nSPS) is 11.8. The number of rotatable bonds is 4. The van der Waals surface area contributed by atoms with Crippen LogP contribution in [0.2, 0.25) is 0 Å². The van der Waals surface area contributed by atoms with Crippen LogP contribution in [0.5, 0.6) is 0 Å². The zero-order valence-corrected chi connectivity index (χ0v) is 12.6. The molecule has 1 unspecified atom stereocenters. The summed E-state index contributed by atoms with van der Waals surface area (Å²) in [5, 5.41) is 15.3. The number of hydrogen-bond donors (Lipinski definition) is 3. The van der Waals surface area contributed by atoms with E-state index in [1.807, 2.05) is 32.0 Å². The van der Waals surface area contributed by atoms with Gasteiger partial charge < -0.3 is 15.7 Å². The molecule has 0 spiro atoms. The zero-order valence-electron chi connectivity index (χ0n) is 12.6. The van der Waals surface area contributed by atoms with Crippen LogP contribution in [0.4, 0.5) is 14.9 Å². The highest BCUT2D eigenvalue weighted by molar-refractivity contribution is 5.90. The molecule has 0 bridgehead atoms. The molecule has 0 aliphatic heterocycles. The molecular formula is C17H19FN2O2. The molecule has 0 saturated carbocycles. The summed E-state index contributed by atoms with van der Waals surface area (Å²) in [5.41, 5.74) is 3.24. The molecule has 2 aromatic carbocycles. The fourth-order valence-electron chi connectivity index (χ4n) is 2.16. The number of anilines is 1. The van der Waals surface area contributed by atoms with Crippen LogP contribution in [0.25, 0.3) is 0 Å². The number of amides is 2. The Balaban J connectivity index is 1.91. The van der Waals surface area contributed by atoms with E-state index in [-0.39, 0.29) is 12.4 Å². The van der Waals surface area contributed by atoms with Crippen LogP contribution < -0.4 is 10.6 Å². The van der Waals surface area contributed by atoms with Crippen LogP contribution in [0.3, 0.4) is 0 Å². The van der Waals surface area contributed by atoms with Gasteiger partial charge in [-0.3, -0.25) is 0 Å². The number of nitrogens with one attached hydrogen (secondary N) is 2. The third kappa shape index (κ3) is 4.05. The maximum absolute atomic E-state index is 12.8. The standard InChI is InChI=1S/C17H19FN2O2/c1-11-4-3-5-12(2)16(11)20-17(22)19-10-15(21)13-6-8-14(18)9-7-13/h3-9,15,21H,10H2,1-2H3,(H2,19,20,22). The minimum atomic E-state index is -0.885. The van der Waals surface area contributed by atoms with Crippen molar-refractivity contribution in [3.05, 3.63) is 65.0 Å². The second-order valence-corrected chi connectivity index (χ2v) is 5.17. The largest absolute Gasteiger partial charge is 0.387 e. The minimum Gasteiger partial charge on any atom is -0.387 e. The Morgan fingerprint density at radius 3 is 2.32 bits per heavy atom. The van der Waals surface area contributed by atoms with Crippen molar-refractivity contribution in [1.82, 2.24) is 5.32 Å². The lowest BCUT2D eigenvalue weighted by Crippen LogP contribution is -2.32. The fourth-order valence-corrected chi connectivity index (χ4v) is 2.16. The monoisotopic (exact) mass is 302 g/mol. The third-order valence-electron chi connectivity index (χ3n) is 3.43. The Bertz CT molecular complexity index is 636. The molecule has 1 atom stereocenters. The van der Waals surface area contributed by atoms with Gasteiger partial charge in [0, 0.05) is 12.2 Å². The van der Waals surface area contributed by atoms with E-state index in [9.17, 15) is 14.3 Å². The average Bonchev–Trinajstić information content (AvgIpc) is 2.49. The predicted octanol–water partition coefficient (Wildman–Crippen LogP) is 3.30. The number of aliphatic hydroxyl groups is 1. The Hall–Kier alpha value is -2.40. The number of aliphatic hydroxyl groups excluding tert-OH is 1. The molecule has 2 aromatic rings. The van der Waals surface area contributed by atoms with E-state index in [1.54, 1.807) is 0 Å². The highest BCUT2D eigenvalue weighted by Gasteiger charge is 2.11. The first-order valence-corrected chi connectivity index (χ1v) is 7.02. The molecule has 0 aromatic heterocycles. The van der Waals surface area contributed by atoms with Gasteiger partial charge in [0.2, 0.25) is 0 Å². The maximum Gasteiger partial charge on any atom is 0.319 e. The lowest BCUT2D eigenvalue weighted by molar-refractivity contribution is 0.175. The molecular weight excluding hydrogens is 283 g/mol. The van der Waals surface area contributed by atoms with Crippen LogP contribution in [-0.2, 0) is 0 Å². The van der Waals surface area contributed by atoms with Crippen molar-refractivity contribution in [2.75, 3.05) is 11.9 Å². The van der Waals surface area contributed by atoms with Gasteiger partial charge in [-0.25, -0.2) is 9.18 Å². The molecule has 0 heterocycles. The van der Waals surface area contributed by atoms with Gasteiger partial charge in [-0.2, -0.15) is 0 Å². The van der Waals surface area contributed by atoms with Crippen molar-refractivity contribution in [2.45, 2.75) is 20.0 Å². The Morgan fingerprint density at radius 1 is 1.14 bits per heavy atom. The molecule has 5 heteroatoms. The third-order valence-corrected chi connectivity index (χ3v) is 3.43. The van der Waals surface area contributed by atoms with Crippen molar-refractivity contribution in [1.29, 1.82) is 0 Å². The summed E-state index contributed by atoms with van der Waals surface area (Å²) < 4.78 is 12.8. The number of carbonyl (C=O) groups is 1. The van der Waals surface area contributed by atoms with Gasteiger partial charge >= 0.3 is 6.03 Å². The summed E-state index contributed by atoms with van der Waals surface area (Å²) in [4.78, 5) is 11.9.